The quantitative estimate of drug-likeness (QED) is 0.680. The van der Waals surface area contributed by atoms with E-state index in [9.17, 15) is 9.90 Å². The lowest BCUT2D eigenvalue weighted by Crippen LogP contribution is -2.28. The van der Waals surface area contributed by atoms with Crippen LogP contribution in [0.25, 0.3) is 11.1 Å². The first kappa shape index (κ1) is 19.8. The van der Waals surface area contributed by atoms with E-state index in [1.54, 1.807) is 18.0 Å². The predicted octanol–water partition coefficient (Wildman–Crippen LogP) is 3.85. The summed E-state index contributed by atoms with van der Waals surface area (Å²) in [5.74, 6) is 1.06. The molecule has 3 rings (SSSR count). The lowest BCUT2D eigenvalue weighted by atomic mass is 10.0. The lowest BCUT2D eigenvalue weighted by molar-refractivity contribution is 0.0793. The summed E-state index contributed by atoms with van der Waals surface area (Å²) in [5.41, 5.74) is 3.68. The van der Waals surface area contributed by atoms with Gasteiger partial charge in [0.15, 0.2) is 0 Å². The van der Waals surface area contributed by atoms with Crippen molar-refractivity contribution in [1.29, 1.82) is 0 Å². The highest BCUT2D eigenvalue weighted by atomic mass is 16.3. The second-order valence-corrected chi connectivity index (χ2v) is 7.16. The Morgan fingerprint density at radius 3 is 2.25 bits per heavy atom. The highest BCUT2D eigenvalue weighted by molar-refractivity contribution is 5.94. The number of benzene rings is 2. The monoisotopic (exact) mass is 377 g/mol. The Bertz CT molecular complexity index is 912. The zero-order valence-electron chi connectivity index (χ0n) is 16.7. The largest absolute Gasteiger partial charge is 0.389 e. The van der Waals surface area contributed by atoms with Crippen LogP contribution in [0.3, 0.4) is 0 Å². The summed E-state index contributed by atoms with van der Waals surface area (Å²) >= 11 is 0. The molecule has 1 amide bonds. The van der Waals surface area contributed by atoms with Gasteiger partial charge in [-0.3, -0.25) is 4.79 Å². The number of carbonyl (C=O) groups is 1. The molecule has 0 unspecified atom stereocenters. The van der Waals surface area contributed by atoms with Crippen LogP contribution in [0.2, 0.25) is 0 Å². The van der Waals surface area contributed by atoms with Crippen molar-refractivity contribution < 1.29 is 9.90 Å². The number of imidazole rings is 1. The Kier molecular flexibility index (Phi) is 6.26. The van der Waals surface area contributed by atoms with Crippen LogP contribution in [0.15, 0.2) is 60.9 Å². The van der Waals surface area contributed by atoms with E-state index in [4.69, 9.17) is 0 Å². The molecule has 1 heterocycles. The van der Waals surface area contributed by atoms with Gasteiger partial charge in [-0.2, -0.15) is 0 Å². The minimum Gasteiger partial charge on any atom is -0.389 e. The van der Waals surface area contributed by atoms with Crippen LogP contribution in [-0.4, -0.2) is 39.1 Å². The van der Waals surface area contributed by atoms with E-state index in [1.807, 2.05) is 73.4 Å². The van der Waals surface area contributed by atoms with E-state index in [-0.39, 0.29) is 5.91 Å². The second-order valence-electron chi connectivity index (χ2n) is 7.16. The van der Waals surface area contributed by atoms with Crippen molar-refractivity contribution in [1.82, 2.24) is 14.5 Å². The number of nitrogens with zero attached hydrogens (tertiary/aromatic N) is 3. The van der Waals surface area contributed by atoms with Gasteiger partial charge in [0.25, 0.3) is 5.91 Å². The normalized spacial score (nSPS) is 12.0. The van der Waals surface area contributed by atoms with Gasteiger partial charge in [0.1, 0.15) is 5.82 Å². The smallest absolute Gasteiger partial charge is 0.253 e. The van der Waals surface area contributed by atoms with Gasteiger partial charge in [0.2, 0.25) is 0 Å². The minimum atomic E-state index is -0.470. The summed E-state index contributed by atoms with van der Waals surface area (Å²) in [4.78, 5) is 18.7. The summed E-state index contributed by atoms with van der Waals surface area (Å²) < 4.78 is 2.01. The third kappa shape index (κ3) is 4.67. The number of amides is 1. The van der Waals surface area contributed by atoms with Crippen molar-refractivity contribution in [2.45, 2.75) is 25.9 Å². The number of aliphatic hydroxyl groups is 1. The van der Waals surface area contributed by atoms with Crippen LogP contribution in [0, 0.1) is 0 Å². The molecule has 2 aromatic carbocycles. The van der Waals surface area contributed by atoms with Crippen molar-refractivity contribution in [2.75, 3.05) is 13.6 Å². The molecule has 0 aliphatic rings. The highest BCUT2D eigenvalue weighted by Crippen LogP contribution is 2.22. The van der Waals surface area contributed by atoms with Crippen LogP contribution in [0.1, 0.15) is 41.2 Å². The van der Waals surface area contributed by atoms with E-state index < -0.39 is 6.10 Å². The van der Waals surface area contributed by atoms with Gasteiger partial charge < -0.3 is 14.6 Å². The molecule has 0 saturated carbocycles. The van der Waals surface area contributed by atoms with E-state index in [0.29, 0.717) is 12.1 Å². The van der Waals surface area contributed by atoms with Crippen LogP contribution < -0.4 is 0 Å². The molecule has 0 fully saturated rings. The van der Waals surface area contributed by atoms with Crippen LogP contribution in [-0.2, 0) is 13.5 Å². The van der Waals surface area contributed by atoms with Crippen molar-refractivity contribution >= 4 is 5.91 Å². The van der Waals surface area contributed by atoms with Crippen LogP contribution >= 0.6 is 0 Å². The SMILES string of the molecule is C[C@@H](O)c1ccc(-c2ccc(C(=O)N(C)CCCc3nccn3C)cc2)cc1. The fourth-order valence-corrected chi connectivity index (χ4v) is 3.19. The molecule has 0 aliphatic carbocycles. The number of aliphatic hydroxyl groups excluding tert-OH is 1. The first-order valence-electron chi connectivity index (χ1n) is 9.56. The Balaban J connectivity index is 1.58. The number of hydrogen-bond acceptors (Lipinski definition) is 3. The molecule has 0 bridgehead atoms. The molecule has 5 heteroatoms. The molecular formula is C23H27N3O2. The van der Waals surface area contributed by atoms with Crippen LogP contribution in [0.5, 0.6) is 0 Å². The van der Waals surface area contributed by atoms with Gasteiger partial charge in [-0.05, 0) is 42.2 Å². The van der Waals surface area contributed by atoms with E-state index in [1.165, 1.54) is 0 Å². The summed E-state index contributed by atoms with van der Waals surface area (Å²) in [6.07, 6.45) is 4.98. The average molecular weight is 377 g/mol. The molecule has 146 valence electrons. The van der Waals surface area contributed by atoms with Gasteiger partial charge in [-0.1, -0.05) is 36.4 Å². The highest BCUT2D eigenvalue weighted by Gasteiger charge is 2.12. The molecule has 5 nitrogen and oxygen atoms in total. The fraction of sp³-hybridized carbons (Fsp3) is 0.304. The number of rotatable bonds is 7. The summed E-state index contributed by atoms with van der Waals surface area (Å²) in [5, 5.41) is 9.62. The Morgan fingerprint density at radius 2 is 1.71 bits per heavy atom. The minimum absolute atomic E-state index is 0.0239. The maximum absolute atomic E-state index is 12.6. The summed E-state index contributed by atoms with van der Waals surface area (Å²) in [6, 6.07) is 15.5. The summed E-state index contributed by atoms with van der Waals surface area (Å²) in [7, 11) is 3.82. The van der Waals surface area contributed by atoms with Gasteiger partial charge in [-0.15, -0.1) is 0 Å². The van der Waals surface area contributed by atoms with Crippen molar-refractivity contribution in [3.05, 3.63) is 77.9 Å². The van der Waals surface area contributed by atoms with Crippen molar-refractivity contribution in [3.8, 4) is 11.1 Å². The molecule has 0 saturated heterocycles. The Morgan fingerprint density at radius 1 is 1.11 bits per heavy atom. The average Bonchev–Trinajstić information content (AvgIpc) is 3.12. The van der Waals surface area contributed by atoms with Crippen molar-refractivity contribution in [2.24, 2.45) is 7.05 Å². The van der Waals surface area contributed by atoms with Crippen molar-refractivity contribution in [3.63, 3.8) is 0 Å². The zero-order valence-corrected chi connectivity index (χ0v) is 16.7. The zero-order chi connectivity index (χ0) is 20.1. The fourth-order valence-electron chi connectivity index (χ4n) is 3.19. The Labute approximate surface area is 166 Å². The first-order chi connectivity index (χ1) is 13.5. The predicted molar refractivity (Wildman–Crippen MR) is 111 cm³/mol. The number of carbonyl (C=O) groups excluding carboxylic acids is 1. The third-order valence-electron chi connectivity index (χ3n) is 5.02. The number of hydrogen-bond donors (Lipinski definition) is 1. The van der Waals surface area contributed by atoms with Gasteiger partial charge >= 0.3 is 0 Å². The molecule has 3 aromatic rings. The number of aromatic nitrogens is 2. The molecule has 0 aliphatic heterocycles. The molecular weight excluding hydrogens is 350 g/mol. The summed E-state index contributed by atoms with van der Waals surface area (Å²) in [6.45, 7) is 2.44. The molecule has 1 atom stereocenters. The van der Waals surface area contributed by atoms with Gasteiger partial charge in [0, 0.05) is 45.0 Å². The van der Waals surface area contributed by atoms with Crippen LogP contribution in [0.4, 0.5) is 0 Å². The first-order valence-corrected chi connectivity index (χ1v) is 9.56. The second kappa shape index (κ2) is 8.85. The van der Waals surface area contributed by atoms with Gasteiger partial charge in [-0.25, -0.2) is 4.98 Å². The van der Waals surface area contributed by atoms with E-state index in [0.717, 1.165) is 35.4 Å². The maximum atomic E-state index is 12.6. The molecule has 1 aromatic heterocycles. The third-order valence-corrected chi connectivity index (χ3v) is 5.02. The van der Waals surface area contributed by atoms with Gasteiger partial charge in [0.05, 0.1) is 6.10 Å². The molecule has 1 N–H and O–H groups in total. The topological polar surface area (TPSA) is 58.4 Å². The van der Waals surface area contributed by atoms with E-state index >= 15 is 0 Å². The molecule has 0 radical (unpaired) electrons. The molecule has 28 heavy (non-hydrogen) atoms. The molecule has 0 spiro atoms. The lowest BCUT2D eigenvalue weighted by Gasteiger charge is -2.17. The number of aryl methyl sites for hydroxylation is 2. The maximum Gasteiger partial charge on any atom is 0.253 e. The van der Waals surface area contributed by atoms with E-state index in [2.05, 4.69) is 4.98 Å². The Hall–Kier alpha value is -2.92. The standard InChI is InChI=1S/C23H27N3O2/c1-17(27)18-6-8-19(9-7-18)20-10-12-21(13-11-20)23(28)26(3)15-4-5-22-24-14-16-25(22)2/h6-14,16-17,27H,4-5,15H2,1-3H3/t17-/m1/s1.